The first-order valence-corrected chi connectivity index (χ1v) is 15.9. The Hall–Kier alpha value is -2.10. The Bertz CT molecular complexity index is 1080. The highest BCUT2D eigenvalue weighted by atomic mass is 16.7. The smallest absolute Gasteiger partial charge is 0.438 e. The summed E-state index contributed by atoms with van der Waals surface area (Å²) in [7, 11) is 4.20. The number of carbonyl (C=O) groups is 2. The van der Waals surface area contributed by atoms with Crippen molar-refractivity contribution in [3.8, 4) is 0 Å². The summed E-state index contributed by atoms with van der Waals surface area (Å²) < 4.78 is 32.0. The first-order valence-electron chi connectivity index (χ1n) is 15.9. The summed E-state index contributed by atoms with van der Waals surface area (Å²) in [6.45, 7) is 13.3. The third-order valence-corrected chi connectivity index (χ3v) is 12.0. The van der Waals surface area contributed by atoms with E-state index in [1.165, 1.54) is 19.8 Å². The van der Waals surface area contributed by atoms with Crippen LogP contribution in [0.25, 0.3) is 0 Å². The van der Waals surface area contributed by atoms with Crippen molar-refractivity contribution >= 4 is 12.3 Å². The van der Waals surface area contributed by atoms with Gasteiger partial charge in [-0.15, -0.1) is 0 Å². The Morgan fingerprint density at radius 1 is 1.00 bits per heavy atom. The minimum Gasteiger partial charge on any atom is -0.438 e. The van der Waals surface area contributed by atoms with Crippen LogP contribution in [0.3, 0.4) is 0 Å². The van der Waals surface area contributed by atoms with Gasteiger partial charge in [-0.2, -0.15) is 0 Å². The molecule has 0 unspecified atom stereocenters. The van der Waals surface area contributed by atoms with Crippen LogP contribution in [0.4, 0.5) is 9.59 Å². The molecule has 9 nitrogen and oxygen atoms in total. The van der Waals surface area contributed by atoms with Crippen LogP contribution in [0.2, 0.25) is 0 Å². The number of hydrogen-bond acceptors (Lipinski definition) is 9. The summed E-state index contributed by atoms with van der Waals surface area (Å²) in [4.78, 5) is 24.3. The zero-order valence-corrected chi connectivity index (χ0v) is 27.6. The van der Waals surface area contributed by atoms with Crippen LogP contribution in [0.1, 0.15) is 86.5 Å². The standard InChI is InChI=1S/C34H54O9/c1-20(16-28(35)32(3,4)41-19-38-7)21(2)25-12-13-26-24-11-10-22-17-23(42-30(36)39-8)18-29(43-31(37)40-9)34(22,6)27(24)14-15-33(25,26)5/h10-11,20-21,23,25-29,35H,12-19H2,1-9H3/t20-,21+,23+,25+,26-,27-,28+,29-,33+,34-/m0/s1. The molecule has 0 amide bonds. The topological polar surface area (TPSA) is 110 Å². The zero-order valence-electron chi connectivity index (χ0n) is 27.6. The number of fused-ring (bicyclic) bond motifs is 5. The molecule has 9 heteroatoms. The third-order valence-electron chi connectivity index (χ3n) is 12.0. The van der Waals surface area contributed by atoms with Gasteiger partial charge in [0.05, 0.1) is 25.9 Å². The van der Waals surface area contributed by atoms with E-state index in [-0.39, 0.29) is 18.1 Å². The van der Waals surface area contributed by atoms with E-state index in [2.05, 4.69) is 39.8 Å². The molecular formula is C34H54O9. The van der Waals surface area contributed by atoms with E-state index in [0.29, 0.717) is 42.9 Å². The van der Waals surface area contributed by atoms with E-state index < -0.39 is 41.6 Å². The predicted molar refractivity (Wildman–Crippen MR) is 161 cm³/mol. The highest BCUT2D eigenvalue weighted by Gasteiger charge is 2.60. The molecule has 0 spiro atoms. The van der Waals surface area contributed by atoms with E-state index in [1.807, 2.05) is 13.8 Å². The van der Waals surface area contributed by atoms with Crippen molar-refractivity contribution < 1.29 is 43.1 Å². The largest absolute Gasteiger partial charge is 0.508 e. The molecule has 3 fully saturated rings. The number of carbonyl (C=O) groups excluding carboxylic acids is 2. The molecule has 0 aromatic rings. The lowest BCUT2D eigenvalue weighted by molar-refractivity contribution is -0.164. The summed E-state index contributed by atoms with van der Waals surface area (Å²) in [6, 6.07) is 0. The summed E-state index contributed by atoms with van der Waals surface area (Å²) in [5.74, 6) is 1.97. The number of allylic oxidation sites excluding steroid dienone is 3. The molecule has 4 aliphatic carbocycles. The minimum atomic E-state index is -0.731. The molecule has 4 aliphatic rings. The van der Waals surface area contributed by atoms with Crippen molar-refractivity contribution in [3.05, 3.63) is 23.3 Å². The Labute approximate surface area is 257 Å². The lowest BCUT2D eigenvalue weighted by Crippen LogP contribution is -2.54. The lowest BCUT2D eigenvalue weighted by atomic mass is 9.49. The average molecular weight is 607 g/mol. The first kappa shape index (κ1) is 33.8. The van der Waals surface area contributed by atoms with E-state index in [0.717, 1.165) is 31.3 Å². The molecule has 1 N–H and O–H groups in total. The molecule has 43 heavy (non-hydrogen) atoms. The van der Waals surface area contributed by atoms with Gasteiger partial charge in [-0.05, 0) is 81.0 Å². The number of aliphatic hydroxyl groups excluding tert-OH is 1. The summed E-state index contributed by atoms with van der Waals surface area (Å²) in [5, 5.41) is 11.1. The summed E-state index contributed by atoms with van der Waals surface area (Å²) >= 11 is 0. The van der Waals surface area contributed by atoms with E-state index in [4.69, 9.17) is 28.4 Å². The predicted octanol–water partition coefficient (Wildman–Crippen LogP) is 6.82. The molecule has 0 radical (unpaired) electrons. The Morgan fingerprint density at radius 2 is 1.67 bits per heavy atom. The fourth-order valence-corrected chi connectivity index (χ4v) is 9.07. The van der Waals surface area contributed by atoms with Gasteiger partial charge in [-0.1, -0.05) is 51.0 Å². The lowest BCUT2D eigenvalue weighted by Gasteiger charge is -2.57. The first-order chi connectivity index (χ1) is 20.2. The maximum Gasteiger partial charge on any atom is 0.508 e. The normalized spacial score (nSPS) is 35.6. The number of methoxy groups -OCH3 is 3. The van der Waals surface area contributed by atoms with Crippen molar-refractivity contribution in [2.45, 2.75) is 110 Å². The van der Waals surface area contributed by atoms with Crippen molar-refractivity contribution in [1.82, 2.24) is 0 Å². The second-order valence-corrected chi connectivity index (χ2v) is 14.4. The highest BCUT2D eigenvalue weighted by molar-refractivity contribution is 5.61. The van der Waals surface area contributed by atoms with E-state index >= 15 is 0 Å². The van der Waals surface area contributed by atoms with Crippen LogP contribution in [0.5, 0.6) is 0 Å². The van der Waals surface area contributed by atoms with Gasteiger partial charge in [-0.3, -0.25) is 0 Å². The van der Waals surface area contributed by atoms with E-state index in [9.17, 15) is 14.7 Å². The molecular weight excluding hydrogens is 552 g/mol. The molecule has 0 aromatic heterocycles. The molecule has 10 atom stereocenters. The van der Waals surface area contributed by atoms with Crippen molar-refractivity contribution in [1.29, 1.82) is 0 Å². The number of hydrogen-bond donors (Lipinski definition) is 1. The van der Waals surface area contributed by atoms with Crippen molar-refractivity contribution in [2.75, 3.05) is 28.1 Å². The van der Waals surface area contributed by atoms with Crippen LogP contribution < -0.4 is 0 Å². The molecule has 0 aliphatic heterocycles. The second-order valence-electron chi connectivity index (χ2n) is 14.4. The van der Waals surface area contributed by atoms with Crippen LogP contribution in [-0.4, -0.2) is 69.5 Å². The van der Waals surface area contributed by atoms with Gasteiger partial charge in [0.25, 0.3) is 0 Å². The molecule has 0 heterocycles. The second kappa shape index (κ2) is 13.1. The maximum absolute atomic E-state index is 12.4. The Balaban J connectivity index is 1.56. The molecule has 0 aromatic carbocycles. The molecule has 0 saturated heterocycles. The molecule has 4 rings (SSSR count). The number of aliphatic hydroxyl groups is 1. The highest BCUT2D eigenvalue weighted by Crippen LogP contribution is 2.66. The average Bonchev–Trinajstić information content (AvgIpc) is 3.33. The minimum absolute atomic E-state index is 0.147. The fourth-order valence-electron chi connectivity index (χ4n) is 9.07. The van der Waals surface area contributed by atoms with Gasteiger partial charge in [0, 0.05) is 25.4 Å². The Morgan fingerprint density at radius 3 is 2.33 bits per heavy atom. The van der Waals surface area contributed by atoms with Crippen LogP contribution in [0.15, 0.2) is 23.3 Å². The number of ether oxygens (including phenoxy) is 6. The van der Waals surface area contributed by atoms with Gasteiger partial charge < -0.3 is 33.5 Å². The fraction of sp³-hybridized carbons (Fsp3) is 0.824. The summed E-state index contributed by atoms with van der Waals surface area (Å²) in [6.07, 6.45) is 7.55. The van der Waals surface area contributed by atoms with Crippen LogP contribution in [-0.2, 0) is 28.4 Å². The quantitative estimate of drug-likeness (QED) is 0.212. The zero-order chi connectivity index (χ0) is 31.7. The van der Waals surface area contributed by atoms with Gasteiger partial charge in [0.2, 0.25) is 0 Å². The molecule has 3 saturated carbocycles. The van der Waals surface area contributed by atoms with Gasteiger partial charge >= 0.3 is 12.3 Å². The monoisotopic (exact) mass is 606 g/mol. The number of rotatable bonds is 10. The van der Waals surface area contributed by atoms with E-state index in [1.54, 1.807) is 7.11 Å². The van der Waals surface area contributed by atoms with Gasteiger partial charge in [0.15, 0.2) is 0 Å². The maximum atomic E-state index is 12.4. The van der Waals surface area contributed by atoms with Crippen molar-refractivity contribution in [3.63, 3.8) is 0 Å². The van der Waals surface area contributed by atoms with Crippen LogP contribution >= 0.6 is 0 Å². The Kier molecular flexibility index (Phi) is 10.3. The van der Waals surface area contributed by atoms with Gasteiger partial charge in [-0.25, -0.2) is 9.59 Å². The molecule has 0 bridgehead atoms. The molecule has 244 valence electrons. The summed E-state index contributed by atoms with van der Waals surface area (Å²) in [5.41, 5.74) is 1.66. The third kappa shape index (κ3) is 6.36. The van der Waals surface area contributed by atoms with Gasteiger partial charge in [0.1, 0.15) is 19.0 Å². The van der Waals surface area contributed by atoms with Crippen LogP contribution in [0, 0.1) is 40.4 Å². The SMILES string of the molecule is COCOC(C)(C)[C@H](O)C[C@H](C)[C@@H](C)[C@H]1CC[C@H]2C3=CC=C4C[C@@H](OC(=O)OC)C[C@H](OC(=O)OC)[C@]4(C)[C@H]3CC[C@]12C. The van der Waals surface area contributed by atoms with Crippen molar-refractivity contribution in [2.24, 2.45) is 40.4 Å².